The Morgan fingerprint density at radius 2 is 1.75 bits per heavy atom. The van der Waals surface area contributed by atoms with Gasteiger partial charge in [-0.2, -0.15) is 5.10 Å². The van der Waals surface area contributed by atoms with E-state index in [1.54, 1.807) is 0 Å². The highest BCUT2D eigenvalue weighted by Crippen LogP contribution is 2.31. The lowest BCUT2D eigenvalue weighted by Gasteiger charge is -2.17. The van der Waals surface area contributed by atoms with Gasteiger partial charge in [0.05, 0.1) is 5.69 Å². The fourth-order valence-corrected chi connectivity index (χ4v) is 1.98. The molecule has 0 saturated carbocycles. The second-order valence-corrected chi connectivity index (χ2v) is 5.82. The number of hydrogen-bond acceptors (Lipinski definition) is 1. The van der Waals surface area contributed by atoms with E-state index < -0.39 is 0 Å². The number of aromatic amines is 1. The van der Waals surface area contributed by atoms with Crippen molar-refractivity contribution in [1.29, 1.82) is 0 Å². The predicted octanol–water partition coefficient (Wildman–Crippen LogP) is 4.14. The van der Waals surface area contributed by atoms with Crippen molar-refractivity contribution < 1.29 is 0 Å². The van der Waals surface area contributed by atoms with Crippen molar-refractivity contribution in [3.05, 3.63) is 40.6 Å². The molecule has 0 atom stereocenters. The number of hydrogen-bond donors (Lipinski definition) is 1. The number of benzene rings is 1. The van der Waals surface area contributed by atoms with Crippen molar-refractivity contribution in [3.63, 3.8) is 0 Å². The molecule has 1 aromatic heterocycles. The van der Waals surface area contributed by atoms with Crippen molar-refractivity contribution in [1.82, 2.24) is 10.2 Å². The van der Waals surface area contributed by atoms with E-state index in [-0.39, 0.29) is 5.41 Å². The molecule has 0 aliphatic rings. The van der Waals surface area contributed by atoms with Gasteiger partial charge in [-0.3, -0.25) is 5.10 Å². The Morgan fingerprint density at radius 3 is 2.31 bits per heavy atom. The molecule has 0 bridgehead atoms. The summed E-state index contributed by atoms with van der Waals surface area (Å²) in [6, 6.07) is 8.30. The van der Waals surface area contributed by atoms with Crippen LogP contribution in [0.5, 0.6) is 0 Å². The Labute approximate surface area is 104 Å². The smallest absolute Gasteiger partial charge is 0.0753 e. The van der Waals surface area contributed by atoms with Gasteiger partial charge in [0.25, 0.3) is 0 Å². The fraction of sp³-hybridized carbons (Fsp3) is 0.308. The van der Waals surface area contributed by atoms with E-state index in [0.717, 1.165) is 10.2 Å². The summed E-state index contributed by atoms with van der Waals surface area (Å²) < 4.78 is 1.09. The molecule has 2 rings (SSSR count). The van der Waals surface area contributed by atoms with Crippen LogP contribution in [0.1, 0.15) is 26.5 Å². The highest BCUT2D eigenvalue weighted by molar-refractivity contribution is 9.10. The zero-order valence-corrected chi connectivity index (χ0v) is 11.3. The van der Waals surface area contributed by atoms with E-state index in [9.17, 15) is 0 Å². The molecular formula is C13H15BrN2. The van der Waals surface area contributed by atoms with Crippen LogP contribution in [-0.2, 0) is 5.41 Å². The summed E-state index contributed by atoms with van der Waals surface area (Å²) in [5.41, 5.74) is 3.54. The van der Waals surface area contributed by atoms with Crippen molar-refractivity contribution in [3.8, 4) is 11.1 Å². The molecule has 0 saturated heterocycles. The van der Waals surface area contributed by atoms with Crippen LogP contribution in [0.15, 0.2) is 34.9 Å². The van der Waals surface area contributed by atoms with Crippen LogP contribution in [0, 0.1) is 0 Å². The molecule has 0 aliphatic heterocycles. The first-order chi connectivity index (χ1) is 7.48. The van der Waals surface area contributed by atoms with Gasteiger partial charge in [0.1, 0.15) is 0 Å². The summed E-state index contributed by atoms with van der Waals surface area (Å²) in [5.74, 6) is 0. The maximum atomic E-state index is 4.35. The van der Waals surface area contributed by atoms with E-state index in [2.05, 4.69) is 71.2 Å². The minimum atomic E-state index is 0.0579. The standard InChI is InChI=1S/C13H15BrN2/c1-13(2,3)12-11(8-15-16-12)9-4-6-10(14)7-5-9/h4-8H,1-3H3,(H,15,16). The summed E-state index contributed by atoms with van der Waals surface area (Å²) in [5, 5.41) is 7.31. The fourth-order valence-electron chi connectivity index (χ4n) is 1.71. The Hall–Kier alpha value is -1.09. The van der Waals surface area contributed by atoms with Gasteiger partial charge in [-0.15, -0.1) is 0 Å². The molecule has 0 aliphatic carbocycles. The van der Waals surface area contributed by atoms with Gasteiger partial charge in [0, 0.05) is 21.6 Å². The van der Waals surface area contributed by atoms with Crippen LogP contribution < -0.4 is 0 Å². The van der Waals surface area contributed by atoms with Crippen LogP contribution in [0.25, 0.3) is 11.1 Å². The van der Waals surface area contributed by atoms with Crippen LogP contribution in [0.4, 0.5) is 0 Å². The number of halogens is 1. The van der Waals surface area contributed by atoms with Gasteiger partial charge in [-0.05, 0) is 17.7 Å². The number of nitrogens with zero attached hydrogens (tertiary/aromatic N) is 1. The topological polar surface area (TPSA) is 28.7 Å². The van der Waals surface area contributed by atoms with Crippen LogP contribution >= 0.6 is 15.9 Å². The average Bonchev–Trinajstić information content (AvgIpc) is 2.66. The minimum Gasteiger partial charge on any atom is -0.285 e. The molecular weight excluding hydrogens is 264 g/mol. The van der Waals surface area contributed by atoms with E-state index in [0.29, 0.717) is 0 Å². The molecule has 1 N–H and O–H groups in total. The zero-order chi connectivity index (χ0) is 11.8. The van der Waals surface area contributed by atoms with Gasteiger partial charge in [-0.25, -0.2) is 0 Å². The number of H-pyrrole nitrogens is 1. The van der Waals surface area contributed by atoms with Crippen molar-refractivity contribution >= 4 is 15.9 Å². The molecule has 3 heteroatoms. The van der Waals surface area contributed by atoms with Gasteiger partial charge >= 0.3 is 0 Å². The van der Waals surface area contributed by atoms with Gasteiger partial charge in [0.2, 0.25) is 0 Å². The Kier molecular flexibility index (Phi) is 2.89. The molecule has 0 fully saturated rings. The first kappa shape index (κ1) is 11.4. The van der Waals surface area contributed by atoms with Crippen molar-refractivity contribution in [2.45, 2.75) is 26.2 Å². The highest BCUT2D eigenvalue weighted by atomic mass is 79.9. The third kappa shape index (κ3) is 2.19. The first-order valence-electron chi connectivity index (χ1n) is 5.28. The lowest BCUT2D eigenvalue weighted by atomic mass is 9.87. The normalized spacial score (nSPS) is 11.8. The Bertz CT molecular complexity index is 477. The predicted molar refractivity (Wildman–Crippen MR) is 70.4 cm³/mol. The number of nitrogens with one attached hydrogen (secondary N) is 1. The molecule has 1 aromatic carbocycles. The monoisotopic (exact) mass is 278 g/mol. The van der Waals surface area contributed by atoms with Crippen LogP contribution in [-0.4, -0.2) is 10.2 Å². The molecule has 1 heterocycles. The van der Waals surface area contributed by atoms with Gasteiger partial charge in [0.15, 0.2) is 0 Å². The van der Waals surface area contributed by atoms with Gasteiger partial charge < -0.3 is 0 Å². The SMILES string of the molecule is CC(C)(C)c1n[nH]cc1-c1ccc(Br)cc1. The van der Waals surface area contributed by atoms with Gasteiger partial charge in [-0.1, -0.05) is 48.8 Å². The molecule has 2 aromatic rings. The summed E-state index contributed by atoms with van der Waals surface area (Å²) in [7, 11) is 0. The summed E-state index contributed by atoms with van der Waals surface area (Å²) in [6.45, 7) is 6.52. The third-order valence-corrected chi connectivity index (χ3v) is 3.03. The molecule has 16 heavy (non-hydrogen) atoms. The van der Waals surface area contributed by atoms with Crippen LogP contribution in [0.3, 0.4) is 0 Å². The van der Waals surface area contributed by atoms with Crippen molar-refractivity contribution in [2.24, 2.45) is 0 Å². The number of aromatic nitrogens is 2. The Balaban J connectivity index is 2.49. The maximum Gasteiger partial charge on any atom is 0.0753 e. The quantitative estimate of drug-likeness (QED) is 0.835. The van der Waals surface area contributed by atoms with E-state index in [1.807, 2.05) is 6.20 Å². The van der Waals surface area contributed by atoms with E-state index >= 15 is 0 Å². The molecule has 0 unspecified atom stereocenters. The maximum absolute atomic E-state index is 4.35. The third-order valence-electron chi connectivity index (χ3n) is 2.51. The first-order valence-corrected chi connectivity index (χ1v) is 6.08. The lowest BCUT2D eigenvalue weighted by molar-refractivity contribution is 0.568. The molecule has 0 spiro atoms. The second-order valence-electron chi connectivity index (χ2n) is 4.90. The van der Waals surface area contributed by atoms with Crippen LogP contribution in [0.2, 0.25) is 0 Å². The molecule has 0 radical (unpaired) electrons. The summed E-state index contributed by atoms with van der Waals surface area (Å²) in [6.07, 6.45) is 1.96. The van der Waals surface area contributed by atoms with E-state index in [1.165, 1.54) is 11.1 Å². The molecule has 84 valence electrons. The number of rotatable bonds is 1. The molecule has 2 nitrogen and oxygen atoms in total. The van der Waals surface area contributed by atoms with Crippen molar-refractivity contribution in [2.75, 3.05) is 0 Å². The molecule has 0 amide bonds. The highest BCUT2D eigenvalue weighted by Gasteiger charge is 2.21. The largest absolute Gasteiger partial charge is 0.285 e. The summed E-state index contributed by atoms with van der Waals surface area (Å²) >= 11 is 3.44. The zero-order valence-electron chi connectivity index (χ0n) is 9.71. The summed E-state index contributed by atoms with van der Waals surface area (Å²) in [4.78, 5) is 0. The lowest BCUT2D eigenvalue weighted by Crippen LogP contribution is -2.13. The Morgan fingerprint density at radius 1 is 1.12 bits per heavy atom. The minimum absolute atomic E-state index is 0.0579. The second kappa shape index (κ2) is 4.06. The van der Waals surface area contributed by atoms with E-state index in [4.69, 9.17) is 0 Å². The average molecular weight is 279 g/mol.